The smallest absolute Gasteiger partial charge is 0.230 e. The summed E-state index contributed by atoms with van der Waals surface area (Å²) in [6, 6.07) is 0. The van der Waals surface area contributed by atoms with Crippen LogP contribution >= 0.6 is 46.3 Å². The normalized spacial score (nSPS) is 23.1. The van der Waals surface area contributed by atoms with Gasteiger partial charge >= 0.3 is 0 Å². The molecule has 0 saturated carbocycles. The molecule has 164 valence electrons. The van der Waals surface area contributed by atoms with Gasteiger partial charge in [-0.1, -0.05) is 52.3 Å². The van der Waals surface area contributed by atoms with Crippen LogP contribution in [0.1, 0.15) is 12.1 Å². The van der Waals surface area contributed by atoms with Gasteiger partial charge in [-0.2, -0.15) is 0 Å². The van der Waals surface area contributed by atoms with Gasteiger partial charge in [-0.15, -0.1) is 11.3 Å². The van der Waals surface area contributed by atoms with Crippen LogP contribution in [0, 0.1) is 5.92 Å². The third kappa shape index (κ3) is 6.86. The summed E-state index contributed by atoms with van der Waals surface area (Å²) in [5.41, 5.74) is 5.89. The van der Waals surface area contributed by atoms with Gasteiger partial charge in [0.2, 0.25) is 5.91 Å². The molecule has 30 heavy (non-hydrogen) atoms. The SMILES string of the molecule is N/C(=N\O)c1csc(SCC(=O)NC[C@H]2CN(CC3C=C(Cl)C(Cl)=CC3)CCO2)n1. The molecule has 4 N–H and O–H groups in total. The molecule has 1 amide bonds. The molecule has 1 aromatic rings. The molecular weight excluding hydrogens is 469 g/mol. The quantitative estimate of drug-likeness (QED) is 0.168. The fraction of sp³-hybridized carbons (Fsp3) is 0.500. The fourth-order valence-electron chi connectivity index (χ4n) is 3.13. The van der Waals surface area contributed by atoms with Crippen LogP contribution < -0.4 is 11.1 Å². The number of thiazole rings is 1. The van der Waals surface area contributed by atoms with E-state index in [0.29, 0.717) is 39.2 Å². The molecule has 1 fully saturated rings. The Morgan fingerprint density at radius 2 is 2.33 bits per heavy atom. The first-order chi connectivity index (χ1) is 14.4. The molecule has 0 bridgehead atoms. The minimum Gasteiger partial charge on any atom is -0.409 e. The lowest BCUT2D eigenvalue weighted by molar-refractivity contribution is -0.119. The predicted octanol–water partition coefficient (Wildman–Crippen LogP) is 2.41. The number of ether oxygens (including phenoxy) is 1. The van der Waals surface area contributed by atoms with Gasteiger partial charge in [-0.25, -0.2) is 4.98 Å². The van der Waals surface area contributed by atoms with Crippen molar-refractivity contribution in [2.24, 2.45) is 16.8 Å². The Morgan fingerprint density at radius 1 is 1.50 bits per heavy atom. The number of aromatic nitrogens is 1. The lowest BCUT2D eigenvalue weighted by Crippen LogP contribution is -2.48. The van der Waals surface area contributed by atoms with Gasteiger partial charge in [0.15, 0.2) is 10.2 Å². The molecule has 1 aromatic heterocycles. The third-order valence-corrected chi connectivity index (χ3v) is 7.44. The maximum Gasteiger partial charge on any atom is 0.230 e. The summed E-state index contributed by atoms with van der Waals surface area (Å²) in [4.78, 5) is 18.7. The van der Waals surface area contributed by atoms with Crippen LogP contribution in [0.25, 0.3) is 0 Å². The van der Waals surface area contributed by atoms with E-state index in [1.807, 2.05) is 12.2 Å². The van der Waals surface area contributed by atoms with Gasteiger partial charge in [0.05, 0.1) is 28.5 Å². The molecular formula is C18H23Cl2N5O3S2. The lowest BCUT2D eigenvalue weighted by Gasteiger charge is -2.35. The van der Waals surface area contributed by atoms with Gasteiger partial charge in [0.1, 0.15) is 5.69 Å². The van der Waals surface area contributed by atoms with Crippen LogP contribution in [0.3, 0.4) is 0 Å². The van der Waals surface area contributed by atoms with E-state index in [1.54, 1.807) is 5.38 Å². The van der Waals surface area contributed by atoms with E-state index in [1.165, 1.54) is 23.1 Å². The van der Waals surface area contributed by atoms with Crippen molar-refractivity contribution >= 4 is 58.0 Å². The number of nitrogens with zero attached hydrogens (tertiary/aromatic N) is 3. The number of hydrogen-bond donors (Lipinski definition) is 3. The van der Waals surface area contributed by atoms with Crippen molar-refractivity contribution in [3.8, 4) is 0 Å². The van der Waals surface area contributed by atoms with Crippen molar-refractivity contribution in [1.29, 1.82) is 0 Å². The number of morpholine rings is 1. The van der Waals surface area contributed by atoms with E-state index < -0.39 is 0 Å². The average Bonchev–Trinajstić information content (AvgIpc) is 3.22. The van der Waals surface area contributed by atoms with E-state index in [4.69, 9.17) is 38.9 Å². The van der Waals surface area contributed by atoms with Crippen LogP contribution in [0.4, 0.5) is 0 Å². The number of halogens is 2. The molecule has 2 atom stereocenters. The highest BCUT2D eigenvalue weighted by Crippen LogP contribution is 2.29. The minimum absolute atomic E-state index is 0.0494. The van der Waals surface area contributed by atoms with Crippen LogP contribution in [0.5, 0.6) is 0 Å². The number of amides is 1. The highest BCUT2D eigenvalue weighted by molar-refractivity contribution is 8.01. The lowest BCUT2D eigenvalue weighted by atomic mass is 9.99. The Bertz CT molecular complexity index is 846. The number of carbonyl (C=O) groups is 1. The molecule has 0 spiro atoms. The van der Waals surface area contributed by atoms with Crippen LogP contribution in [-0.2, 0) is 9.53 Å². The summed E-state index contributed by atoms with van der Waals surface area (Å²) in [6.45, 7) is 3.57. The summed E-state index contributed by atoms with van der Waals surface area (Å²) in [6.07, 6.45) is 4.79. The number of oxime groups is 1. The third-order valence-electron chi connectivity index (χ3n) is 4.63. The molecule has 0 aromatic carbocycles. The Labute approximate surface area is 193 Å². The van der Waals surface area contributed by atoms with E-state index in [0.717, 1.165) is 26.1 Å². The van der Waals surface area contributed by atoms with Gasteiger partial charge < -0.3 is 21.0 Å². The number of allylic oxidation sites excluding steroid dienone is 3. The van der Waals surface area contributed by atoms with Crippen molar-refractivity contribution in [2.75, 3.05) is 38.5 Å². The zero-order chi connectivity index (χ0) is 21.5. The van der Waals surface area contributed by atoms with E-state index >= 15 is 0 Å². The monoisotopic (exact) mass is 491 g/mol. The van der Waals surface area contributed by atoms with Crippen LogP contribution in [0.2, 0.25) is 0 Å². The zero-order valence-electron chi connectivity index (χ0n) is 16.1. The van der Waals surface area contributed by atoms with Gasteiger partial charge in [0.25, 0.3) is 0 Å². The molecule has 2 aliphatic rings. The first kappa shape index (κ1) is 23.4. The number of hydrogen-bond acceptors (Lipinski definition) is 8. The van der Waals surface area contributed by atoms with Gasteiger partial charge in [-0.3, -0.25) is 9.69 Å². The molecule has 1 aliphatic carbocycles. The first-order valence-electron chi connectivity index (χ1n) is 9.34. The number of rotatable bonds is 8. The maximum atomic E-state index is 12.2. The topological polar surface area (TPSA) is 113 Å². The largest absolute Gasteiger partial charge is 0.409 e. The zero-order valence-corrected chi connectivity index (χ0v) is 19.2. The van der Waals surface area contributed by atoms with E-state index in [9.17, 15) is 4.79 Å². The highest BCUT2D eigenvalue weighted by atomic mass is 35.5. The standard InChI is InChI=1S/C18H23Cl2N5O3S2/c19-13-2-1-11(5-14(13)20)7-25-3-4-28-12(8-25)6-22-16(26)10-30-18-23-15(9-29-18)17(21)24-27/h2,5,9,11-12,27H,1,3-4,6-8,10H2,(H2,21,24)(H,22,26)/t11?,12-/m0/s1. The molecule has 1 saturated heterocycles. The Balaban J connectivity index is 1.38. The van der Waals surface area contributed by atoms with Crippen molar-refractivity contribution < 1.29 is 14.7 Å². The number of nitrogens with one attached hydrogen (secondary N) is 1. The summed E-state index contributed by atoms with van der Waals surface area (Å²) in [7, 11) is 0. The Kier molecular flexibility index (Phi) is 8.84. The van der Waals surface area contributed by atoms with Crippen molar-refractivity contribution in [1.82, 2.24) is 15.2 Å². The number of amidine groups is 1. The molecule has 1 unspecified atom stereocenters. The second-order valence-corrected chi connectivity index (χ2v) is 9.79. The summed E-state index contributed by atoms with van der Waals surface area (Å²) in [5, 5.41) is 17.4. The van der Waals surface area contributed by atoms with Crippen LogP contribution in [-0.4, -0.2) is 71.5 Å². The van der Waals surface area contributed by atoms with E-state index in [-0.39, 0.29) is 23.6 Å². The number of nitrogens with two attached hydrogens (primary N) is 1. The second kappa shape index (κ2) is 11.4. The average molecular weight is 492 g/mol. The minimum atomic E-state index is -0.0944. The second-order valence-electron chi connectivity index (χ2n) is 6.89. The van der Waals surface area contributed by atoms with Gasteiger partial charge in [0, 0.05) is 31.6 Å². The maximum absolute atomic E-state index is 12.2. The fourth-order valence-corrected chi connectivity index (χ4v) is 5.19. The van der Waals surface area contributed by atoms with Crippen molar-refractivity contribution in [3.05, 3.63) is 33.3 Å². The van der Waals surface area contributed by atoms with E-state index in [2.05, 4.69) is 20.4 Å². The Morgan fingerprint density at radius 3 is 3.10 bits per heavy atom. The first-order valence-corrected chi connectivity index (χ1v) is 12.0. The van der Waals surface area contributed by atoms with Crippen molar-refractivity contribution in [3.63, 3.8) is 0 Å². The highest BCUT2D eigenvalue weighted by Gasteiger charge is 2.24. The molecule has 2 heterocycles. The molecule has 0 radical (unpaired) electrons. The number of carbonyl (C=O) groups excluding carboxylic acids is 1. The molecule has 12 heteroatoms. The summed E-state index contributed by atoms with van der Waals surface area (Å²) in [5.74, 6) is 0.422. The summed E-state index contributed by atoms with van der Waals surface area (Å²) < 4.78 is 6.47. The molecule has 3 rings (SSSR count). The predicted molar refractivity (Wildman–Crippen MR) is 121 cm³/mol. The molecule has 8 nitrogen and oxygen atoms in total. The number of thioether (sulfide) groups is 1. The van der Waals surface area contributed by atoms with Crippen molar-refractivity contribution in [2.45, 2.75) is 16.9 Å². The Hall–Kier alpha value is -1.30. The summed E-state index contributed by atoms with van der Waals surface area (Å²) >= 11 is 14.8. The van der Waals surface area contributed by atoms with Crippen LogP contribution in [0.15, 0.2) is 37.1 Å². The molecule has 1 aliphatic heterocycles. The van der Waals surface area contributed by atoms with Gasteiger partial charge in [-0.05, 0) is 12.3 Å².